The number of carbonyl (C=O) groups is 1. The Morgan fingerprint density at radius 3 is 2.87 bits per heavy atom. The van der Waals surface area contributed by atoms with Crippen LogP contribution < -0.4 is 10.1 Å². The number of nitrogens with zero attached hydrogens (tertiary/aromatic N) is 1. The van der Waals surface area contributed by atoms with Crippen LogP contribution in [0.15, 0.2) is 45.8 Å². The second kappa shape index (κ2) is 6.90. The maximum Gasteiger partial charge on any atom is 0.258 e. The molecule has 0 aliphatic carbocycles. The maximum absolute atomic E-state index is 12.5. The first-order valence-corrected chi connectivity index (χ1v) is 9.53. The lowest BCUT2D eigenvalue weighted by Gasteiger charge is -2.06. The van der Waals surface area contributed by atoms with Gasteiger partial charge in [0.2, 0.25) is 0 Å². The standard InChI is InChI=1S/C16H13BrN2O2S2/c1-21-9-3-5-12(17)11(7-9)15(20)19-16-18-13-6-4-10(22-2)8-14(13)23-16/h3-8H,1-2H3,(H,18,19,20). The number of hydrogen-bond donors (Lipinski definition) is 1. The Balaban J connectivity index is 1.88. The number of nitrogens with one attached hydrogen (secondary N) is 1. The van der Waals surface area contributed by atoms with E-state index in [1.54, 1.807) is 37.1 Å². The van der Waals surface area contributed by atoms with E-state index in [-0.39, 0.29) is 5.91 Å². The molecule has 1 amide bonds. The fourth-order valence-electron chi connectivity index (χ4n) is 2.06. The monoisotopic (exact) mass is 408 g/mol. The quantitative estimate of drug-likeness (QED) is 0.614. The van der Waals surface area contributed by atoms with Crippen LogP contribution in [0, 0.1) is 0 Å². The predicted octanol–water partition coefficient (Wildman–Crippen LogP) is 5.04. The number of rotatable bonds is 4. The third-order valence-corrected chi connectivity index (χ3v) is 5.58. The smallest absolute Gasteiger partial charge is 0.258 e. The molecule has 7 heteroatoms. The van der Waals surface area contributed by atoms with E-state index in [1.807, 2.05) is 18.4 Å². The zero-order valence-electron chi connectivity index (χ0n) is 12.4. The first-order valence-electron chi connectivity index (χ1n) is 6.70. The minimum atomic E-state index is -0.222. The van der Waals surface area contributed by atoms with Gasteiger partial charge in [-0.25, -0.2) is 4.98 Å². The second-order valence-corrected chi connectivity index (χ2v) is 7.42. The highest BCUT2D eigenvalue weighted by molar-refractivity contribution is 9.10. The maximum atomic E-state index is 12.5. The van der Waals surface area contributed by atoms with E-state index in [0.717, 1.165) is 10.2 Å². The molecule has 0 bridgehead atoms. The molecule has 3 rings (SSSR count). The summed E-state index contributed by atoms with van der Waals surface area (Å²) in [4.78, 5) is 18.1. The Hall–Kier alpha value is -1.57. The molecular formula is C16H13BrN2O2S2. The van der Waals surface area contributed by atoms with E-state index in [2.05, 4.69) is 32.3 Å². The molecule has 118 valence electrons. The average molecular weight is 409 g/mol. The summed E-state index contributed by atoms with van der Waals surface area (Å²) >= 11 is 6.53. The lowest BCUT2D eigenvalue weighted by Crippen LogP contribution is -2.12. The van der Waals surface area contributed by atoms with Gasteiger partial charge in [0.15, 0.2) is 5.13 Å². The van der Waals surface area contributed by atoms with Crippen LogP contribution in [0.3, 0.4) is 0 Å². The molecule has 1 N–H and O–H groups in total. The van der Waals surface area contributed by atoms with Crippen molar-refractivity contribution in [3.05, 3.63) is 46.4 Å². The topological polar surface area (TPSA) is 51.2 Å². The number of fused-ring (bicyclic) bond motifs is 1. The number of methoxy groups -OCH3 is 1. The number of aromatic nitrogens is 1. The second-order valence-electron chi connectivity index (χ2n) is 4.65. The van der Waals surface area contributed by atoms with Crippen molar-refractivity contribution in [1.29, 1.82) is 0 Å². The van der Waals surface area contributed by atoms with Crippen molar-refractivity contribution >= 4 is 60.3 Å². The van der Waals surface area contributed by atoms with E-state index in [9.17, 15) is 4.79 Å². The number of thioether (sulfide) groups is 1. The minimum absolute atomic E-state index is 0.222. The number of anilines is 1. The largest absolute Gasteiger partial charge is 0.497 e. The van der Waals surface area contributed by atoms with E-state index in [0.29, 0.717) is 20.9 Å². The van der Waals surface area contributed by atoms with Crippen molar-refractivity contribution in [2.45, 2.75) is 4.90 Å². The molecule has 3 aromatic rings. The summed E-state index contributed by atoms with van der Waals surface area (Å²) in [6.07, 6.45) is 2.03. The van der Waals surface area contributed by atoms with Crippen molar-refractivity contribution < 1.29 is 9.53 Å². The molecule has 0 spiro atoms. The number of amides is 1. The predicted molar refractivity (Wildman–Crippen MR) is 100 cm³/mol. The molecule has 0 unspecified atom stereocenters. The summed E-state index contributed by atoms with van der Waals surface area (Å²) in [5, 5.41) is 3.43. The van der Waals surface area contributed by atoms with Crippen molar-refractivity contribution in [1.82, 2.24) is 4.98 Å². The highest BCUT2D eigenvalue weighted by atomic mass is 79.9. The summed E-state index contributed by atoms with van der Waals surface area (Å²) in [5.74, 6) is 0.409. The molecular weight excluding hydrogens is 396 g/mol. The molecule has 0 aliphatic heterocycles. The molecule has 1 heterocycles. The first kappa shape index (κ1) is 16.3. The van der Waals surface area contributed by atoms with Crippen molar-refractivity contribution in [2.24, 2.45) is 0 Å². The van der Waals surface area contributed by atoms with Crippen LogP contribution in [-0.4, -0.2) is 24.3 Å². The van der Waals surface area contributed by atoms with Gasteiger partial charge < -0.3 is 4.74 Å². The van der Waals surface area contributed by atoms with Crippen LogP contribution in [0.1, 0.15) is 10.4 Å². The van der Waals surface area contributed by atoms with Crippen molar-refractivity contribution in [3.8, 4) is 5.75 Å². The molecule has 0 aliphatic rings. The third kappa shape index (κ3) is 3.52. The van der Waals surface area contributed by atoms with Crippen LogP contribution in [0.5, 0.6) is 5.75 Å². The fourth-order valence-corrected chi connectivity index (χ4v) is 3.90. The average Bonchev–Trinajstić information content (AvgIpc) is 2.96. The van der Waals surface area contributed by atoms with E-state index in [1.165, 1.54) is 16.2 Å². The highest BCUT2D eigenvalue weighted by Gasteiger charge is 2.14. The summed E-state index contributed by atoms with van der Waals surface area (Å²) in [6, 6.07) is 11.3. The molecule has 4 nitrogen and oxygen atoms in total. The number of hydrogen-bond acceptors (Lipinski definition) is 5. The van der Waals surface area contributed by atoms with Gasteiger partial charge in [0, 0.05) is 9.37 Å². The summed E-state index contributed by atoms with van der Waals surface area (Å²) in [6.45, 7) is 0. The normalized spacial score (nSPS) is 10.7. The Kier molecular flexibility index (Phi) is 4.89. The van der Waals surface area contributed by atoms with Gasteiger partial charge in [-0.3, -0.25) is 10.1 Å². The van der Waals surface area contributed by atoms with Crippen molar-refractivity contribution in [3.63, 3.8) is 0 Å². The van der Waals surface area contributed by atoms with Gasteiger partial charge >= 0.3 is 0 Å². The lowest BCUT2D eigenvalue weighted by atomic mass is 10.2. The summed E-state index contributed by atoms with van der Waals surface area (Å²) < 4.78 is 6.93. The Morgan fingerprint density at radius 1 is 1.30 bits per heavy atom. The number of thiazole rings is 1. The number of benzene rings is 2. The Morgan fingerprint density at radius 2 is 2.13 bits per heavy atom. The van der Waals surface area contributed by atoms with Gasteiger partial charge in [0.1, 0.15) is 5.75 Å². The molecule has 0 atom stereocenters. The van der Waals surface area contributed by atoms with Crippen LogP contribution in [0.4, 0.5) is 5.13 Å². The molecule has 0 saturated heterocycles. The molecule has 0 radical (unpaired) electrons. The van der Waals surface area contributed by atoms with Gasteiger partial charge in [0.05, 0.1) is 22.9 Å². The molecule has 0 fully saturated rings. The van der Waals surface area contributed by atoms with Crippen LogP contribution in [0.25, 0.3) is 10.2 Å². The molecule has 23 heavy (non-hydrogen) atoms. The van der Waals surface area contributed by atoms with Gasteiger partial charge in [-0.2, -0.15) is 0 Å². The number of ether oxygens (including phenoxy) is 1. The van der Waals surface area contributed by atoms with E-state index < -0.39 is 0 Å². The van der Waals surface area contributed by atoms with E-state index in [4.69, 9.17) is 4.74 Å². The van der Waals surface area contributed by atoms with E-state index >= 15 is 0 Å². The van der Waals surface area contributed by atoms with Gasteiger partial charge in [0.25, 0.3) is 5.91 Å². The first-order chi connectivity index (χ1) is 11.1. The summed E-state index contributed by atoms with van der Waals surface area (Å²) in [7, 11) is 1.57. The SMILES string of the molecule is COc1ccc(Br)c(C(=O)Nc2nc3ccc(SC)cc3s2)c1. The van der Waals surface area contributed by atoms with Crippen LogP contribution >= 0.6 is 39.0 Å². The van der Waals surface area contributed by atoms with Gasteiger partial charge in [-0.15, -0.1) is 11.8 Å². The molecule has 2 aromatic carbocycles. The zero-order valence-corrected chi connectivity index (χ0v) is 15.6. The van der Waals surface area contributed by atoms with Crippen molar-refractivity contribution in [2.75, 3.05) is 18.7 Å². The van der Waals surface area contributed by atoms with Crippen LogP contribution in [-0.2, 0) is 0 Å². The molecule has 0 saturated carbocycles. The Labute approximate surface area is 150 Å². The van der Waals surface area contributed by atoms with Gasteiger partial charge in [-0.05, 0) is 58.6 Å². The highest BCUT2D eigenvalue weighted by Crippen LogP contribution is 2.30. The molecule has 1 aromatic heterocycles. The third-order valence-electron chi connectivity index (χ3n) is 3.23. The fraction of sp³-hybridized carbons (Fsp3) is 0.125. The summed E-state index contributed by atoms with van der Waals surface area (Å²) in [5.41, 5.74) is 1.39. The lowest BCUT2D eigenvalue weighted by molar-refractivity contribution is 0.102. The zero-order chi connectivity index (χ0) is 16.4. The minimum Gasteiger partial charge on any atom is -0.497 e. The Bertz CT molecular complexity index is 880. The van der Waals surface area contributed by atoms with Gasteiger partial charge in [-0.1, -0.05) is 11.3 Å². The van der Waals surface area contributed by atoms with Crippen LogP contribution in [0.2, 0.25) is 0 Å². The number of halogens is 1. The number of carbonyl (C=O) groups excluding carboxylic acids is 1.